The number of amides is 1. The minimum atomic E-state index is -1.09. The largest absolute Gasteiger partial charge is 0.493 e. The van der Waals surface area contributed by atoms with Crippen molar-refractivity contribution in [3.05, 3.63) is 41.1 Å². The monoisotopic (exact) mass is 395 g/mol. The topological polar surface area (TPSA) is 85.6 Å². The minimum absolute atomic E-state index is 0.144. The minimum Gasteiger partial charge on any atom is -0.493 e. The second kappa shape index (κ2) is 7.84. The van der Waals surface area contributed by atoms with Gasteiger partial charge in [-0.2, -0.15) is 9.49 Å². The number of hydrogen-bond donors (Lipinski definition) is 2. The number of aliphatic hydroxyl groups is 1. The standard InChI is InChI=1S/C19H23F2N3O4/c1-9-10(2)28-18(19(26)22-14-7-11(8-25)23-24(14)3)15(9)12-5-6-13(20)16(21)17(12)27-4/h5-7,9-10,15,18,25H,8H2,1-4H3,(H,22,26)/t9-,10-,15+,18-/m1/s1. The number of halogens is 2. The summed E-state index contributed by atoms with van der Waals surface area (Å²) in [4.78, 5) is 12.9. The van der Waals surface area contributed by atoms with E-state index in [1.165, 1.54) is 17.9 Å². The zero-order chi connectivity index (χ0) is 20.6. The average Bonchev–Trinajstić information content (AvgIpc) is 3.17. The highest BCUT2D eigenvalue weighted by Crippen LogP contribution is 2.44. The third-order valence-electron chi connectivity index (χ3n) is 5.24. The van der Waals surface area contributed by atoms with Crippen LogP contribution in [0.15, 0.2) is 18.2 Å². The van der Waals surface area contributed by atoms with Crippen LogP contribution in [0.3, 0.4) is 0 Å². The predicted octanol–water partition coefficient (Wildman–Crippen LogP) is 2.34. The van der Waals surface area contributed by atoms with E-state index in [0.717, 1.165) is 6.07 Å². The van der Waals surface area contributed by atoms with Crippen molar-refractivity contribution < 1.29 is 28.2 Å². The fourth-order valence-corrected chi connectivity index (χ4v) is 3.61. The van der Waals surface area contributed by atoms with E-state index in [1.54, 1.807) is 13.1 Å². The maximum Gasteiger partial charge on any atom is 0.255 e. The highest BCUT2D eigenvalue weighted by atomic mass is 19.2. The van der Waals surface area contributed by atoms with Crippen LogP contribution < -0.4 is 10.1 Å². The number of aryl methyl sites for hydroxylation is 1. The van der Waals surface area contributed by atoms with Crippen LogP contribution in [0, 0.1) is 17.6 Å². The first-order chi connectivity index (χ1) is 13.3. The quantitative estimate of drug-likeness (QED) is 0.812. The first-order valence-corrected chi connectivity index (χ1v) is 8.90. The van der Waals surface area contributed by atoms with E-state index >= 15 is 0 Å². The Morgan fingerprint density at radius 2 is 2.11 bits per heavy atom. The van der Waals surface area contributed by atoms with Crippen LogP contribution in [-0.4, -0.2) is 40.1 Å². The lowest BCUT2D eigenvalue weighted by atomic mass is 9.82. The molecule has 1 fully saturated rings. The molecule has 0 aliphatic carbocycles. The van der Waals surface area contributed by atoms with E-state index in [1.807, 2.05) is 13.8 Å². The number of benzene rings is 1. The molecule has 1 aliphatic rings. The molecule has 0 unspecified atom stereocenters. The summed E-state index contributed by atoms with van der Waals surface area (Å²) in [5.41, 5.74) is 0.783. The van der Waals surface area contributed by atoms with Gasteiger partial charge in [0.1, 0.15) is 11.9 Å². The molecule has 28 heavy (non-hydrogen) atoms. The smallest absolute Gasteiger partial charge is 0.255 e. The number of aromatic nitrogens is 2. The lowest BCUT2D eigenvalue weighted by Gasteiger charge is -2.23. The Bertz CT molecular complexity index is 886. The van der Waals surface area contributed by atoms with Crippen LogP contribution in [0.25, 0.3) is 0 Å². The Hall–Kier alpha value is -2.52. The van der Waals surface area contributed by atoms with E-state index in [0.29, 0.717) is 17.1 Å². The molecule has 2 heterocycles. The van der Waals surface area contributed by atoms with Gasteiger partial charge in [-0.15, -0.1) is 0 Å². The SMILES string of the molecule is COc1c([C@@H]2[C@H](C)[C@@H](C)O[C@H]2C(=O)Nc2cc(CO)nn2C)ccc(F)c1F. The molecule has 0 bridgehead atoms. The summed E-state index contributed by atoms with van der Waals surface area (Å²) < 4.78 is 40.2. The Morgan fingerprint density at radius 3 is 2.71 bits per heavy atom. The molecule has 0 radical (unpaired) electrons. The number of rotatable bonds is 5. The van der Waals surface area contributed by atoms with E-state index in [-0.39, 0.29) is 24.4 Å². The predicted molar refractivity (Wildman–Crippen MR) is 96.9 cm³/mol. The van der Waals surface area contributed by atoms with Crippen LogP contribution in [-0.2, 0) is 23.2 Å². The highest BCUT2D eigenvalue weighted by molar-refractivity contribution is 5.94. The van der Waals surface area contributed by atoms with Crippen LogP contribution in [0.1, 0.15) is 31.0 Å². The number of aliphatic hydroxyl groups excluding tert-OH is 1. The van der Waals surface area contributed by atoms with Gasteiger partial charge < -0.3 is 19.9 Å². The van der Waals surface area contributed by atoms with Gasteiger partial charge >= 0.3 is 0 Å². The molecule has 1 saturated heterocycles. The fraction of sp³-hybridized carbons (Fsp3) is 0.474. The molecule has 3 rings (SSSR count). The van der Waals surface area contributed by atoms with Gasteiger partial charge in [-0.05, 0) is 18.9 Å². The lowest BCUT2D eigenvalue weighted by Crippen LogP contribution is -2.33. The number of nitrogens with zero attached hydrogens (tertiary/aromatic N) is 2. The summed E-state index contributed by atoms with van der Waals surface area (Å²) in [5.74, 6) is -3.07. The molecule has 1 aromatic carbocycles. The maximum atomic E-state index is 14.2. The van der Waals surface area contributed by atoms with Gasteiger partial charge in [0.05, 0.1) is 25.5 Å². The van der Waals surface area contributed by atoms with Gasteiger partial charge in [0, 0.05) is 24.6 Å². The third kappa shape index (κ3) is 3.47. The van der Waals surface area contributed by atoms with Crippen molar-refractivity contribution in [1.29, 1.82) is 0 Å². The van der Waals surface area contributed by atoms with Crippen LogP contribution in [0.4, 0.5) is 14.6 Å². The Kier molecular flexibility index (Phi) is 5.66. The number of ether oxygens (including phenoxy) is 2. The molecule has 152 valence electrons. The number of hydrogen-bond acceptors (Lipinski definition) is 5. The van der Waals surface area contributed by atoms with Gasteiger partial charge in [-0.1, -0.05) is 13.0 Å². The third-order valence-corrected chi connectivity index (χ3v) is 5.24. The molecule has 2 N–H and O–H groups in total. The number of anilines is 1. The normalized spacial score (nSPS) is 24.4. The van der Waals surface area contributed by atoms with E-state index in [9.17, 15) is 18.7 Å². The molecule has 2 aromatic rings. The van der Waals surface area contributed by atoms with Gasteiger partial charge in [0.25, 0.3) is 5.91 Å². The van der Waals surface area contributed by atoms with Crippen LogP contribution in [0.2, 0.25) is 0 Å². The van der Waals surface area contributed by atoms with Gasteiger partial charge in [-0.3, -0.25) is 9.48 Å². The lowest BCUT2D eigenvalue weighted by molar-refractivity contribution is -0.127. The van der Waals surface area contributed by atoms with Crippen LogP contribution >= 0.6 is 0 Å². The molecule has 1 amide bonds. The molecule has 0 saturated carbocycles. The number of methoxy groups -OCH3 is 1. The fourth-order valence-electron chi connectivity index (χ4n) is 3.61. The highest BCUT2D eigenvalue weighted by Gasteiger charge is 2.46. The van der Waals surface area contributed by atoms with Gasteiger partial charge in [0.15, 0.2) is 11.6 Å². The summed E-state index contributed by atoms with van der Waals surface area (Å²) in [5, 5.41) is 16.0. The van der Waals surface area contributed by atoms with E-state index in [2.05, 4.69) is 10.4 Å². The average molecular weight is 395 g/mol. The van der Waals surface area contributed by atoms with Crippen molar-refractivity contribution in [3.63, 3.8) is 0 Å². The zero-order valence-electron chi connectivity index (χ0n) is 16.1. The van der Waals surface area contributed by atoms with Gasteiger partial charge in [-0.25, -0.2) is 4.39 Å². The Morgan fingerprint density at radius 1 is 1.39 bits per heavy atom. The molecule has 4 atom stereocenters. The van der Waals surface area contributed by atoms with E-state index in [4.69, 9.17) is 9.47 Å². The zero-order valence-corrected chi connectivity index (χ0v) is 16.1. The first kappa shape index (κ1) is 20.2. The van der Waals surface area contributed by atoms with Crippen molar-refractivity contribution in [2.45, 2.75) is 38.6 Å². The number of carbonyl (C=O) groups is 1. The van der Waals surface area contributed by atoms with E-state index < -0.39 is 29.6 Å². The van der Waals surface area contributed by atoms with Crippen molar-refractivity contribution in [2.24, 2.45) is 13.0 Å². The molecular weight excluding hydrogens is 372 g/mol. The van der Waals surface area contributed by atoms with Crippen molar-refractivity contribution in [1.82, 2.24) is 9.78 Å². The summed E-state index contributed by atoms with van der Waals surface area (Å²) in [6.45, 7) is 3.45. The summed E-state index contributed by atoms with van der Waals surface area (Å²) in [7, 11) is 2.89. The van der Waals surface area contributed by atoms with Crippen molar-refractivity contribution in [2.75, 3.05) is 12.4 Å². The van der Waals surface area contributed by atoms with Crippen molar-refractivity contribution >= 4 is 11.7 Å². The molecule has 0 spiro atoms. The number of carbonyl (C=O) groups excluding carboxylic acids is 1. The Labute approximate surface area is 161 Å². The maximum absolute atomic E-state index is 14.2. The molecular formula is C19H23F2N3O4. The molecule has 9 heteroatoms. The molecule has 1 aromatic heterocycles. The summed E-state index contributed by atoms with van der Waals surface area (Å²) in [6.07, 6.45) is -1.21. The summed E-state index contributed by atoms with van der Waals surface area (Å²) in [6, 6.07) is 3.99. The second-order valence-electron chi connectivity index (χ2n) is 6.92. The van der Waals surface area contributed by atoms with Crippen LogP contribution in [0.5, 0.6) is 5.75 Å². The molecule has 7 nitrogen and oxygen atoms in total. The second-order valence-corrected chi connectivity index (χ2v) is 6.92. The number of nitrogens with one attached hydrogen (secondary N) is 1. The Balaban J connectivity index is 1.95. The van der Waals surface area contributed by atoms with Gasteiger partial charge in [0.2, 0.25) is 5.82 Å². The van der Waals surface area contributed by atoms with Crippen molar-refractivity contribution in [3.8, 4) is 5.75 Å². The summed E-state index contributed by atoms with van der Waals surface area (Å²) >= 11 is 0. The molecule has 1 aliphatic heterocycles. The first-order valence-electron chi connectivity index (χ1n) is 8.90.